The quantitative estimate of drug-likeness (QED) is 0.741. The van der Waals surface area contributed by atoms with Gasteiger partial charge in [-0.25, -0.2) is 0 Å². The lowest BCUT2D eigenvalue weighted by atomic mass is 10.2. The van der Waals surface area contributed by atoms with E-state index in [1.807, 2.05) is 11.9 Å². The van der Waals surface area contributed by atoms with Gasteiger partial charge in [0.15, 0.2) is 0 Å². The smallest absolute Gasteiger partial charge is 0.383 e. The lowest BCUT2D eigenvalue weighted by molar-refractivity contribution is -0.137. The Morgan fingerprint density at radius 2 is 2.05 bits per heavy atom. The van der Waals surface area contributed by atoms with Crippen molar-refractivity contribution in [1.29, 1.82) is 0 Å². The summed E-state index contributed by atoms with van der Waals surface area (Å²) in [5.74, 6) is 0. The molecule has 0 saturated heterocycles. The second-order valence-electron chi connectivity index (χ2n) is 4.52. The maximum Gasteiger partial charge on any atom is 0.417 e. The first-order valence-electron chi connectivity index (χ1n) is 6.34. The summed E-state index contributed by atoms with van der Waals surface area (Å²) >= 11 is 0. The molecule has 0 bridgehead atoms. The monoisotopic (exact) mass is 291 g/mol. The van der Waals surface area contributed by atoms with E-state index >= 15 is 0 Å². The summed E-state index contributed by atoms with van der Waals surface area (Å²) in [4.78, 5) is 5.84. The van der Waals surface area contributed by atoms with Crippen LogP contribution in [0.5, 0.6) is 0 Å². The van der Waals surface area contributed by atoms with Crippen molar-refractivity contribution in [2.24, 2.45) is 0 Å². The highest BCUT2D eigenvalue weighted by atomic mass is 19.4. The van der Waals surface area contributed by atoms with E-state index < -0.39 is 11.7 Å². The molecule has 0 aliphatic rings. The summed E-state index contributed by atoms with van der Waals surface area (Å²) in [5.41, 5.74) is -0.0949. The van der Waals surface area contributed by atoms with Crippen LogP contribution in [0, 0.1) is 0 Å². The molecule has 0 aliphatic heterocycles. The van der Waals surface area contributed by atoms with E-state index in [9.17, 15) is 13.2 Å². The van der Waals surface area contributed by atoms with E-state index in [1.54, 1.807) is 7.11 Å². The topological polar surface area (TPSA) is 37.4 Å². The second kappa shape index (κ2) is 8.18. The molecule has 20 heavy (non-hydrogen) atoms. The van der Waals surface area contributed by atoms with Crippen LogP contribution >= 0.6 is 0 Å². The van der Waals surface area contributed by atoms with Gasteiger partial charge in [0.05, 0.1) is 17.9 Å². The molecule has 7 heteroatoms. The average molecular weight is 291 g/mol. The molecule has 1 aromatic rings. The van der Waals surface area contributed by atoms with Crippen LogP contribution in [-0.2, 0) is 17.5 Å². The molecule has 0 fully saturated rings. The Morgan fingerprint density at radius 3 is 2.60 bits per heavy atom. The first-order chi connectivity index (χ1) is 9.43. The minimum absolute atomic E-state index is 0.518. The fourth-order valence-electron chi connectivity index (χ4n) is 1.61. The number of hydrogen-bond acceptors (Lipinski definition) is 4. The molecule has 1 heterocycles. The summed E-state index contributed by atoms with van der Waals surface area (Å²) in [6.07, 6.45) is -3.46. The molecule has 4 nitrogen and oxygen atoms in total. The van der Waals surface area contributed by atoms with E-state index in [0.717, 1.165) is 31.9 Å². The van der Waals surface area contributed by atoms with Crippen molar-refractivity contribution in [1.82, 2.24) is 15.2 Å². The summed E-state index contributed by atoms with van der Waals surface area (Å²) in [5, 5.41) is 3.20. The first kappa shape index (κ1) is 16.9. The molecule has 0 spiro atoms. The second-order valence-corrected chi connectivity index (χ2v) is 4.52. The number of alkyl halides is 3. The van der Waals surface area contributed by atoms with Crippen LogP contribution in [0.2, 0.25) is 0 Å². The van der Waals surface area contributed by atoms with E-state index in [4.69, 9.17) is 4.74 Å². The lowest BCUT2D eigenvalue weighted by Crippen LogP contribution is -2.30. The van der Waals surface area contributed by atoms with Gasteiger partial charge in [-0.3, -0.25) is 9.88 Å². The van der Waals surface area contributed by atoms with Crippen molar-refractivity contribution in [2.45, 2.75) is 12.7 Å². The van der Waals surface area contributed by atoms with Crippen LogP contribution in [-0.4, -0.2) is 50.3 Å². The van der Waals surface area contributed by atoms with Gasteiger partial charge < -0.3 is 10.1 Å². The molecule has 0 aliphatic carbocycles. The number of pyridine rings is 1. The Morgan fingerprint density at radius 1 is 1.30 bits per heavy atom. The van der Waals surface area contributed by atoms with Gasteiger partial charge >= 0.3 is 6.18 Å². The first-order valence-corrected chi connectivity index (χ1v) is 6.34. The van der Waals surface area contributed by atoms with Gasteiger partial charge in [0, 0.05) is 39.5 Å². The van der Waals surface area contributed by atoms with Crippen LogP contribution in [0.15, 0.2) is 18.3 Å². The highest BCUT2D eigenvalue weighted by Crippen LogP contribution is 2.28. The number of hydrogen-bond donors (Lipinski definition) is 1. The zero-order valence-electron chi connectivity index (χ0n) is 11.7. The summed E-state index contributed by atoms with van der Waals surface area (Å²) in [7, 11) is 3.54. The predicted octanol–water partition coefficient (Wildman–Crippen LogP) is 1.77. The minimum atomic E-state index is -4.33. The van der Waals surface area contributed by atoms with Gasteiger partial charge in [-0.05, 0) is 19.2 Å². The van der Waals surface area contributed by atoms with Gasteiger partial charge in [0.1, 0.15) is 0 Å². The number of likely N-dealkylation sites (N-methyl/N-ethyl adjacent to an activating group) is 1. The highest BCUT2D eigenvalue weighted by molar-refractivity contribution is 5.16. The molecule has 1 aromatic heterocycles. The molecular weight excluding hydrogens is 271 g/mol. The highest BCUT2D eigenvalue weighted by Gasteiger charge is 2.30. The van der Waals surface area contributed by atoms with Crippen LogP contribution in [0.1, 0.15) is 11.3 Å². The summed E-state index contributed by atoms with van der Waals surface area (Å²) < 4.78 is 42.0. The zero-order chi connectivity index (χ0) is 15.0. The third kappa shape index (κ3) is 6.31. The number of methoxy groups -OCH3 is 1. The van der Waals surface area contributed by atoms with Gasteiger partial charge in [-0.2, -0.15) is 13.2 Å². The van der Waals surface area contributed by atoms with Gasteiger partial charge in [0.25, 0.3) is 0 Å². The van der Waals surface area contributed by atoms with E-state index in [1.165, 1.54) is 6.07 Å². The standard InChI is InChI=1S/C13H20F3N3O/c1-19(7-5-17-6-8-20-2)10-12-4-3-11(9-18-12)13(14,15)16/h3-4,9,17H,5-8,10H2,1-2H3. The largest absolute Gasteiger partial charge is 0.417 e. The predicted molar refractivity (Wildman–Crippen MR) is 70.3 cm³/mol. The molecule has 0 radical (unpaired) electrons. The molecule has 1 rings (SSSR count). The SMILES string of the molecule is COCCNCCN(C)Cc1ccc(C(F)(F)F)cn1. The Labute approximate surface area is 116 Å². The Balaban J connectivity index is 2.33. The lowest BCUT2D eigenvalue weighted by Gasteiger charge is -2.16. The fourth-order valence-corrected chi connectivity index (χ4v) is 1.61. The van der Waals surface area contributed by atoms with Crippen LogP contribution in [0.4, 0.5) is 13.2 Å². The molecule has 0 unspecified atom stereocenters. The minimum Gasteiger partial charge on any atom is -0.383 e. The summed E-state index contributed by atoms with van der Waals surface area (Å²) in [6.45, 7) is 3.53. The Hall–Kier alpha value is -1.18. The van der Waals surface area contributed by atoms with Crippen LogP contribution in [0.3, 0.4) is 0 Å². The van der Waals surface area contributed by atoms with E-state index in [0.29, 0.717) is 18.8 Å². The van der Waals surface area contributed by atoms with Crippen molar-refractivity contribution in [2.75, 3.05) is 40.4 Å². The molecule has 0 saturated carbocycles. The molecule has 0 atom stereocenters. The third-order valence-electron chi connectivity index (χ3n) is 2.74. The van der Waals surface area contributed by atoms with Crippen molar-refractivity contribution in [3.8, 4) is 0 Å². The molecule has 0 aromatic carbocycles. The molecular formula is C13H20F3N3O. The normalized spacial score (nSPS) is 12.1. The van der Waals surface area contributed by atoms with Crippen molar-refractivity contribution >= 4 is 0 Å². The number of halogens is 3. The number of aromatic nitrogens is 1. The average Bonchev–Trinajstić information content (AvgIpc) is 2.38. The number of ether oxygens (including phenoxy) is 1. The van der Waals surface area contributed by atoms with E-state index in [-0.39, 0.29) is 0 Å². The fraction of sp³-hybridized carbons (Fsp3) is 0.615. The number of rotatable bonds is 8. The van der Waals surface area contributed by atoms with Crippen molar-refractivity contribution < 1.29 is 17.9 Å². The molecule has 1 N–H and O–H groups in total. The van der Waals surface area contributed by atoms with E-state index in [2.05, 4.69) is 10.3 Å². The Kier molecular flexibility index (Phi) is 6.90. The van der Waals surface area contributed by atoms with Gasteiger partial charge in [-0.1, -0.05) is 0 Å². The van der Waals surface area contributed by atoms with Crippen molar-refractivity contribution in [3.05, 3.63) is 29.6 Å². The number of nitrogens with one attached hydrogen (secondary N) is 1. The zero-order valence-corrected chi connectivity index (χ0v) is 11.7. The Bertz CT molecular complexity index is 381. The van der Waals surface area contributed by atoms with Gasteiger partial charge in [-0.15, -0.1) is 0 Å². The molecule has 114 valence electrons. The summed E-state index contributed by atoms with van der Waals surface area (Å²) in [6, 6.07) is 2.48. The maximum atomic E-state index is 12.4. The molecule has 0 amide bonds. The third-order valence-corrected chi connectivity index (χ3v) is 2.74. The van der Waals surface area contributed by atoms with Crippen LogP contribution < -0.4 is 5.32 Å². The maximum absolute atomic E-state index is 12.4. The van der Waals surface area contributed by atoms with Crippen LogP contribution in [0.25, 0.3) is 0 Å². The van der Waals surface area contributed by atoms with Gasteiger partial charge in [0.2, 0.25) is 0 Å². The number of nitrogens with zero attached hydrogens (tertiary/aromatic N) is 2. The van der Waals surface area contributed by atoms with Crippen molar-refractivity contribution in [3.63, 3.8) is 0 Å².